The van der Waals surface area contributed by atoms with Crippen LogP contribution in [0.4, 0.5) is 0 Å². The summed E-state index contributed by atoms with van der Waals surface area (Å²) >= 11 is 0. The maximum atomic E-state index is 12.6. The number of aliphatic hydroxyl groups excluding tert-OH is 2. The van der Waals surface area contributed by atoms with Crippen LogP contribution in [0.1, 0.15) is 155 Å². The minimum absolute atomic E-state index is 0.0276. The van der Waals surface area contributed by atoms with Crippen LogP contribution in [0.5, 0.6) is 0 Å². The number of carbonyl (C=O) groups excluding carboxylic acids is 1. The molecule has 0 aliphatic carbocycles. The molecule has 3 unspecified atom stereocenters. The number of ether oxygens (including phenoxy) is 2. The van der Waals surface area contributed by atoms with Gasteiger partial charge in [-0.05, 0) is 83.5 Å². The van der Waals surface area contributed by atoms with Gasteiger partial charge in [0, 0.05) is 13.0 Å². The number of hydrogen-bond acceptors (Lipinski definition) is 8. The lowest BCUT2D eigenvalue weighted by molar-refractivity contribution is -0.154. The first-order chi connectivity index (χ1) is 26.3. The highest BCUT2D eigenvalue weighted by Crippen LogP contribution is 2.43. The summed E-state index contributed by atoms with van der Waals surface area (Å²) in [6.07, 6.45) is 47.1. The fourth-order valence-corrected chi connectivity index (χ4v) is 5.99. The van der Waals surface area contributed by atoms with Crippen molar-refractivity contribution in [2.75, 3.05) is 33.0 Å². The number of phosphoric acid groups is 1. The molecule has 3 N–H and O–H groups in total. The predicted octanol–water partition coefficient (Wildman–Crippen LogP) is 11.4. The van der Waals surface area contributed by atoms with Gasteiger partial charge in [0.05, 0.1) is 26.4 Å². The Hall–Kier alpha value is -2.10. The second-order valence-electron chi connectivity index (χ2n) is 13.6. The third-order valence-electron chi connectivity index (χ3n) is 8.38. The first kappa shape index (κ1) is 51.9. The Labute approximate surface area is 329 Å². The Balaban J connectivity index is 4.29. The van der Waals surface area contributed by atoms with E-state index in [0.717, 1.165) is 77.0 Å². The van der Waals surface area contributed by atoms with Gasteiger partial charge in [0.15, 0.2) is 0 Å². The van der Waals surface area contributed by atoms with Gasteiger partial charge in [-0.3, -0.25) is 13.8 Å². The molecule has 54 heavy (non-hydrogen) atoms. The first-order valence-electron chi connectivity index (χ1n) is 20.9. The number of phosphoric ester groups is 1. The van der Waals surface area contributed by atoms with Crippen molar-refractivity contribution in [3.8, 4) is 0 Å². The molecule has 0 saturated heterocycles. The van der Waals surface area contributed by atoms with Gasteiger partial charge < -0.3 is 24.6 Å². The number of unbranched alkanes of at least 4 members (excludes halogenated alkanes) is 13. The van der Waals surface area contributed by atoms with E-state index in [2.05, 4.69) is 86.8 Å². The van der Waals surface area contributed by atoms with E-state index in [0.29, 0.717) is 13.0 Å². The Morgan fingerprint density at radius 2 is 1.06 bits per heavy atom. The van der Waals surface area contributed by atoms with Gasteiger partial charge in [0.1, 0.15) is 12.2 Å². The second kappa shape index (κ2) is 40.6. The lowest BCUT2D eigenvalue weighted by atomic mass is 10.1. The van der Waals surface area contributed by atoms with Crippen molar-refractivity contribution in [2.24, 2.45) is 0 Å². The molecular weight excluding hydrogens is 703 g/mol. The third kappa shape index (κ3) is 39.6. The molecule has 0 bridgehead atoms. The number of esters is 1. The molecule has 3 atom stereocenters. The fourth-order valence-electron chi connectivity index (χ4n) is 5.20. The molecule has 0 aromatic rings. The van der Waals surface area contributed by atoms with Gasteiger partial charge in [-0.2, -0.15) is 0 Å². The van der Waals surface area contributed by atoms with Crippen molar-refractivity contribution in [3.05, 3.63) is 72.9 Å². The van der Waals surface area contributed by atoms with Gasteiger partial charge in [-0.15, -0.1) is 0 Å². The molecule has 0 rings (SSSR count). The van der Waals surface area contributed by atoms with Crippen LogP contribution in [0.3, 0.4) is 0 Å². The van der Waals surface area contributed by atoms with Crippen molar-refractivity contribution in [2.45, 2.75) is 167 Å². The minimum atomic E-state index is -4.53. The van der Waals surface area contributed by atoms with E-state index in [9.17, 15) is 19.4 Å². The summed E-state index contributed by atoms with van der Waals surface area (Å²) in [7, 11) is -4.53. The summed E-state index contributed by atoms with van der Waals surface area (Å²) in [4.78, 5) is 22.5. The quantitative estimate of drug-likeness (QED) is 0.0241. The molecule has 0 spiro atoms. The van der Waals surface area contributed by atoms with Crippen molar-refractivity contribution < 1.29 is 43.0 Å². The van der Waals surface area contributed by atoms with E-state index >= 15 is 0 Å². The molecule has 0 radical (unpaired) electrons. The van der Waals surface area contributed by atoms with Gasteiger partial charge in [-0.1, -0.05) is 138 Å². The Morgan fingerprint density at radius 1 is 0.593 bits per heavy atom. The highest BCUT2D eigenvalue weighted by atomic mass is 31.2. The molecule has 312 valence electrons. The first-order valence-corrected chi connectivity index (χ1v) is 22.4. The maximum Gasteiger partial charge on any atom is 0.472 e. The molecule has 0 fully saturated rings. The zero-order valence-corrected chi connectivity index (χ0v) is 34.8. The third-order valence-corrected chi connectivity index (χ3v) is 9.33. The molecule has 0 heterocycles. The van der Waals surface area contributed by atoms with E-state index in [1.165, 1.54) is 51.4 Å². The van der Waals surface area contributed by atoms with Crippen molar-refractivity contribution in [1.82, 2.24) is 0 Å². The Morgan fingerprint density at radius 3 is 1.61 bits per heavy atom. The molecular formula is C44H77O9P. The summed E-state index contributed by atoms with van der Waals surface area (Å²) in [6, 6.07) is 0. The van der Waals surface area contributed by atoms with E-state index in [-0.39, 0.29) is 13.0 Å². The Kier molecular flexibility index (Phi) is 39.0. The van der Waals surface area contributed by atoms with Crippen molar-refractivity contribution in [3.63, 3.8) is 0 Å². The summed E-state index contributed by atoms with van der Waals surface area (Å²) < 4.78 is 33.3. The van der Waals surface area contributed by atoms with Crippen LogP contribution in [0.15, 0.2) is 72.9 Å². The number of rotatable bonds is 39. The summed E-state index contributed by atoms with van der Waals surface area (Å²) in [5.74, 6) is -0.419. The van der Waals surface area contributed by atoms with Gasteiger partial charge in [0.25, 0.3) is 0 Å². The lowest BCUT2D eigenvalue weighted by Gasteiger charge is -2.20. The molecule has 0 aromatic heterocycles. The van der Waals surface area contributed by atoms with Crippen LogP contribution in [-0.4, -0.2) is 66.3 Å². The summed E-state index contributed by atoms with van der Waals surface area (Å²) in [5.41, 5.74) is 0. The largest absolute Gasteiger partial charge is 0.472 e. The molecule has 0 saturated carbocycles. The van der Waals surface area contributed by atoms with Gasteiger partial charge in [0.2, 0.25) is 0 Å². The van der Waals surface area contributed by atoms with Crippen LogP contribution in [-0.2, 0) is 27.9 Å². The number of aliphatic hydroxyl groups is 2. The fraction of sp³-hybridized carbons (Fsp3) is 0.705. The number of hydrogen-bond donors (Lipinski definition) is 3. The zero-order chi connectivity index (χ0) is 39.6. The predicted molar refractivity (Wildman–Crippen MR) is 223 cm³/mol. The summed E-state index contributed by atoms with van der Waals surface area (Å²) in [5, 5.41) is 18.3. The highest BCUT2D eigenvalue weighted by Gasteiger charge is 2.26. The highest BCUT2D eigenvalue weighted by molar-refractivity contribution is 7.47. The van der Waals surface area contributed by atoms with Crippen LogP contribution in [0.25, 0.3) is 0 Å². The SMILES string of the molecule is CC/C=C\C/C=C\C/C=C\C/C=C\C/C=C\CCCCCC(=O)OC(COCCCCCCCC/C=C\CCCCCC)COP(=O)(O)OCC(O)CO. The lowest BCUT2D eigenvalue weighted by Crippen LogP contribution is -2.29. The normalized spacial score (nSPS) is 14.8. The summed E-state index contributed by atoms with van der Waals surface area (Å²) in [6.45, 7) is 3.31. The topological polar surface area (TPSA) is 132 Å². The molecule has 9 nitrogen and oxygen atoms in total. The zero-order valence-electron chi connectivity index (χ0n) is 33.9. The monoisotopic (exact) mass is 781 g/mol. The van der Waals surface area contributed by atoms with E-state index in [1.54, 1.807) is 0 Å². The maximum absolute atomic E-state index is 12.6. The van der Waals surface area contributed by atoms with Crippen LogP contribution >= 0.6 is 7.82 Å². The smallest absolute Gasteiger partial charge is 0.457 e. The molecule has 0 aliphatic rings. The second-order valence-corrected chi connectivity index (χ2v) is 15.1. The van der Waals surface area contributed by atoms with E-state index in [1.807, 2.05) is 0 Å². The van der Waals surface area contributed by atoms with Crippen LogP contribution in [0, 0.1) is 0 Å². The number of carbonyl (C=O) groups is 1. The Bertz CT molecular complexity index is 1070. The van der Waals surface area contributed by atoms with E-state index in [4.69, 9.17) is 23.6 Å². The van der Waals surface area contributed by atoms with Crippen molar-refractivity contribution >= 4 is 13.8 Å². The van der Waals surface area contributed by atoms with Crippen LogP contribution < -0.4 is 0 Å². The number of allylic oxidation sites excluding steroid dienone is 12. The molecule has 0 aliphatic heterocycles. The van der Waals surface area contributed by atoms with Crippen molar-refractivity contribution in [1.29, 1.82) is 0 Å². The average molecular weight is 781 g/mol. The molecule has 10 heteroatoms. The van der Waals surface area contributed by atoms with Gasteiger partial charge in [-0.25, -0.2) is 4.57 Å². The van der Waals surface area contributed by atoms with E-state index < -0.39 is 45.8 Å². The minimum Gasteiger partial charge on any atom is -0.457 e. The standard InChI is InChI=1S/C44H77O9P/c1-3-5-7-9-11-13-15-17-19-20-21-22-23-24-26-28-30-32-34-36-44(47)53-43(41-52-54(48,49)51-39-42(46)38-45)40-50-37-35-33-31-29-27-25-18-16-14-12-10-8-6-4-2/h5,7,11,13-14,16-17,19,21-22,24,26,42-43,45-46H,3-4,6,8-10,12,15,18,20,23,25,27-41H2,1-2H3,(H,48,49)/b7-5-,13-11-,16-14-,19-17-,22-21-,26-24-. The van der Waals surface area contributed by atoms with Crippen LogP contribution in [0.2, 0.25) is 0 Å². The molecule has 0 aromatic carbocycles. The van der Waals surface area contributed by atoms with Gasteiger partial charge >= 0.3 is 13.8 Å². The average Bonchev–Trinajstić information content (AvgIpc) is 3.16. The molecule has 0 amide bonds.